The molecule has 1 aromatic rings. The standard InChI is InChI=1S/C15H24N2O2S/c1-10-5-4-6-13(7-10)17-20(18,19)14-8-11(2)12(3)15(16)9-14/h8-10,13,17H,4-7,16H2,1-3H3. The molecule has 1 fully saturated rings. The van der Waals surface area contributed by atoms with Crippen LogP contribution in [0.15, 0.2) is 17.0 Å². The molecule has 1 aliphatic rings. The van der Waals surface area contributed by atoms with Crippen molar-refractivity contribution in [1.29, 1.82) is 0 Å². The van der Waals surface area contributed by atoms with Gasteiger partial charge in [0.25, 0.3) is 0 Å². The number of aryl methyl sites for hydroxylation is 1. The van der Waals surface area contributed by atoms with Gasteiger partial charge in [-0.05, 0) is 55.9 Å². The van der Waals surface area contributed by atoms with Gasteiger partial charge in [-0.25, -0.2) is 13.1 Å². The second kappa shape index (κ2) is 5.74. The zero-order valence-electron chi connectivity index (χ0n) is 12.4. The number of nitrogen functional groups attached to an aromatic ring is 1. The predicted molar refractivity (Wildman–Crippen MR) is 82.1 cm³/mol. The smallest absolute Gasteiger partial charge is 0.240 e. The van der Waals surface area contributed by atoms with Crippen molar-refractivity contribution >= 4 is 15.7 Å². The highest BCUT2D eigenvalue weighted by Crippen LogP contribution is 2.26. The molecule has 1 aliphatic carbocycles. The SMILES string of the molecule is Cc1cc(S(=O)(=O)NC2CCCC(C)C2)cc(N)c1C. The third-order valence-corrected chi connectivity index (χ3v) is 5.75. The van der Waals surface area contributed by atoms with Gasteiger partial charge in [0.05, 0.1) is 4.90 Å². The molecule has 0 aromatic heterocycles. The highest BCUT2D eigenvalue weighted by molar-refractivity contribution is 7.89. The third-order valence-electron chi connectivity index (χ3n) is 4.25. The van der Waals surface area contributed by atoms with Crippen molar-refractivity contribution in [3.63, 3.8) is 0 Å². The van der Waals surface area contributed by atoms with Crippen LogP contribution in [0.5, 0.6) is 0 Å². The zero-order chi connectivity index (χ0) is 14.9. The molecule has 2 unspecified atom stereocenters. The summed E-state index contributed by atoms with van der Waals surface area (Å²) in [6.07, 6.45) is 4.11. The lowest BCUT2D eigenvalue weighted by Crippen LogP contribution is -2.38. The molecule has 4 nitrogen and oxygen atoms in total. The van der Waals surface area contributed by atoms with Crippen LogP contribution < -0.4 is 10.5 Å². The normalized spacial score (nSPS) is 23.8. The largest absolute Gasteiger partial charge is 0.398 e. The molecule has 20 heavy (non-hydrogen) atoms. The minimum atomic E-state index is -3.48. The van der Waals surface area contributed by atoms with Crippen LogP contribution >= 0.6 is 0 Å². The fraction of sp³-hybridized carbons (Fsp3) is 0.600. The molecule has 0 heterocycles. The van der Waals surface area contributed by atoms with Crippen molar-refractivity contribution in [3.05, 3.63) is 23.3 Å². The van der Waals surface area contributed by atoms with E-state index >= 15 is 0 Å². The highest BCUT2D eigenvalue weighted by atomic mass is 32.2. The van der Waals surface area contributed by atoms with E-state index < -0.39 is 10.0 Å². The van der Waals surface area contributed by atoms with Crippen LogP contribution in [0, 0.1) is 19.8 Å². The first kappa shape index (κ1) is 15.3. The number of nitrogens with one attached hydrogen (secondary N) is 1. The maximum absolute atomic E-state index is 12.5. The van der Waals surface area contributed by atoms with E-state index in [9.17, 15) is 8.42 Å². The Hall–Kier alpha value is -1.07. The first-order valence-electron chi connectivity index (χ1n) is 7.18. The van der Waals surface area contributed by atoms with Gasteiger partial charge in [-0.2, -0.15) is 0 Å². The van der Waals surface area contributed by atoms with E-state index in [4.69, 9.17) is 5.73 Å². The number of hydrogen-bond donors (Lipinski definition) is 2. The Kier molecular flexibility index (Phi) is 4.39. The lowest BCUT2D eigenvalue weighted by Gasteiger charge is -2.27. The van der Waals surface area contributed by atoms with Crippen LogP contribution in [0.4, 0.5) is 5.69 Å². The van der Waals surface area contributed by atoms with Crippen molar-refractivity contribution in [2.24, 2.45) is 5.92 Å². The van der Waals surface area contributed by atoms with Gasteiger partial charge in [-0.15, -0.1) is 0 Å². The van der Waals surface area contributed by atoms with Gasteiger partial charge in [0, 0.05) is 11.7 Å². The number of benzene rings is 1. The summed E-state index contributed by atoms with van der Waals surface area (Å²) >= 11 is 0. The van der Waals surface area contributed by atoms with Gasteiger partial charge < -0.3 is 5.73 Å². The summed E-state index contributed by atoms with van der Waals surface area (Å²) in [6, 6.07) is 3.29. The molecule has 2 rings (SSSR count). The molecule has 5 heteroatoms. The fourth-order valence-electron chi connectivity index (χ4n) is 2.84. The monoisotopic (exact) mass is 296 g/mol. The molecule has 2 atom stereocenters. The molecule has 0 radical (unpaired) electrons. The Bertz CT molecular complexity index is 573. The molecule has 1 aromatic carbocycles. The maximum Gasteiger partial charge on any atom is 0.240 e. The summed E-state index contributed by atoms with van der Waals surface area (Å²) < 4.78 is 27.7. The molecule has 0 bridgehead atoms. The quantitative estimate of drug-likeness (QED) is 0.842. The summed E-state index contributed by atoms with van der Waals surface area (Å²) in [5.41, 5.74) is 8.26. The maximum atomic E-state index is 12.5. The van der Waals surface area contributed by atoms with E-state index in [0.717, 1.165) is 30.4 Å². The van der Waals surface area contributed by atoms with Crippen LogP contribution in [-0.2, 0) is 10.0 Å². The Morgan fingerprint density at radius 2 is 1.95 bits per heavy atom. The molecular weight excluding hydrogens is 272 g/mol. The van der Waals surface area contributed by atoms with Crippen molar-refractivity contribution in [2.75, 3.05) is 5.73 Å². The Morgan fingerprint density at radius 1 is 1.25 bits per heavy atom. The van der Waals surface area contributed by atoms with Crippen LogP contribution in [0.25, 0.3) is 0 Å². The van der Waals surface area contributed by atoms with Gasteiger partial charge >= 0.3 is 0 Å². The van der Waals surface area contributed by atoms with E-state index in [1.54, 1.807) is 12.1 Å². The second-order valence-electron chi connectivity index (χ2n) is 6.04. The molecule has 0 amide bonds. The summed E-state index contributed by atoms with van der Waals surface area (Å²) in [5.74, 6) is 0.585. The van der Waals surface area contributed by atoms with Crippen LogP contribution in [0.2, 0.25) is 0 Å². The first-order chi connectivity index (χ1) is 9.29. The molecule has 1 saturated carbocycles. The number of anilines is 1. The summed E-state index contributed by atoms with van der Waals surface area (Å²) in [6.45, 7) is 5.96. The molecule has 112 valence electrons. The van der Waals surface area contributed by atoms with Crippen LogP contribution in [0.3, 0.4) is 0 Å². The average molecular weight is 296 g/mol. The summed E-state index contributed by atoms with van der Waals surface area (Å²) in [4.78, 5) is 0.274. The summed E-state index contributed by atoms with van der Waals surface area (Å²) in [7, 11) is -3.48. The number of sulfonamides is 1. The second-order valence-corrected chi connectivity index (χ2v) is 7.76. The van der Waals surface area contributed by atoms with E-state index in [0.29, 0.717) is 11.6 Å². The summed E-state index contributed by atoms with van der Waals surface area (Å²) in [5, 5.41) is 0. The zero-order valence-corrected chi connectivity index (χ0v) is 13.3. The number of hydrogen-bond acceptors (Lipinski definition) is 3. The van der Waals surface area contributed by atoms with Crippen LogP contribution in [-0.4, -0.2) is 14.5 Å². The Labute approximate surface area is 121 Å². The predicted octanol–water partition coefficient (Wildman–Crippen LogP) is 2.74. The Morgan fingerprint density at radius 3 is 2.55 bits per heavy atom. The lowest BCUT2D eigenvalue weighted by atomic mass is 9.88. The first-order valence-corrected chi connectivity index (χ1v) is 8.67. The van der Waals surface area contributed by atoms with E-state index in [-0.39, 0.29) is 10.9 Å². The van der Waals surface area contributed by atoms with E-state index in [2.05, 4.69) is 11.6 Å². The van der Waals surface area contributed by atoms with Crippen LogP contribution in [0.1, 0.15) is 43.7 Å². The molecule has 0 saturated heterocycles. The molecule has 0 spiro atoms. The minimum Gasteiger partial charge on any atom is -0.398 e. The topological polar surface area (TPSA) is 72.2 Å². The highest BCUT2D eigenvalue weighted by Gasteiger charge is 2.25. The minimum absolute atomic E-state index is 0.0478. The average Bonchev–Trinajstić information content (AvgIpc) is 2.34. The lowest BCUT2D eigenvalue weighted by molar-refractivity contribution is 0.327. The third kappa shape index (κ3) is 3.33. The number of nitrogens with two attached hydrogens (primary N) is 1. The van der Waals surface area contributed by atoms with Gasteiger partial charge in [0.2, 0.25) is 10.0 Å². The molecular formula is C15H24N2O2S. The fourth-order valence-corrected chi connectivity index (χ4v) is 4.24. The van der Waals surface area contributed by atoms with Crippen molar-refractivity contribution < 1.29 is 8.42 Å². The van der Waals surface area contributed by atoms with Crippen molar-refractivity contribution in [3.8, 4) is 0 Å². The molecule has 0 aliphatic heterocycles. The van der Waals surface area contributed by atoms with Gasteiger partial charge in [-0.3, -0.25) is 0 Å². The van der Waals surface area contributed by atoms with Gasteiger partial charge in [0.15, 0.2) is 0 Å². The Balaban J connectivity index is 2.22. The molecule has 3 N–H and O–H groups in total. The van der Waals surface area contributed by atoms with E-state index in [1.807, 2.05) is 13.8 Å². The van der Waals surface area contributed by atoms with Gasteiger partial charge in [0.1, 0.15) is 0 Å². The number of rotatable bonds is 3. The van der Waals surface area contributed by atoms with Crippen molar-refractivity contribution in [1.82, 2.24) is 4.72 Å². The van der Waals surface area contributed by atoms with E-state index in [1.165, 1.54) is 6.42 Å². The van der Waals surface area contributed by atoms with Crippen molar-refractivity contribution in [2.45, 2.75) is 57.4 Å². The van der Waals surface area contributed by atoms with Gasteiger partial charge in [-0.1, -0.05) is 19.8 Å².